The maximum atomic E-state index is 12.7. The minimum absolute atomic E-state index is 0.00958. The van der Waals surface area contributed by atoms with Crippen LogP contribution < -0.4 is 14.8 Å². The van der Waals surface area contributed by atoms with Crippen molar-refractivity contribution in [3.8, 4) is 5.75 Å². The molecule has 36 heavy (non-hydrogen) atoms. The average Bonchev–Trinajstić information content (AvgIpc) is 3.45. The second-order valence-electron chi connectivity index (χ2n) is 7.34. The zero-order chi connectivity index (χ0) is 25.7. The lowest BCUT2D eigenvalue weighted by molar-refractivity contribution is -0.123. The van der Waals surface area contributed by atoms with Crippen LogP contribution in [0.15, 0.2) is 69.9 Å². The number of anilines is 2. The van der Waals surface area contributed by atoms with Gasteiger partial charge in [0.2, 0.25) is 5.91 Å². The van der Waals surface area contributed by atoms with Crippen molar-refractivity contribution in [2.24, 2.45) is 0 Å². The lowest BCUT2D eigenvalue weighted by atomic mass is 10.2. The third kappa shape index (κ3) is 5.93. The molecule has 0 radical (unpaired) electrons. The Bertz CT molecular complexity index is 1420. The third-order valence-corrected chi connectivity index (χ3v) is 8.04. The normalized spacial score (nSPS) is 14.8. The van der Waals surface area contributed by atoms with Crippen molar-refractivity contribution in [1.29, 1.82) is 0 Å². The van der Waals surface area contributed by atoms with Crippen LogP contribution in [0.3, 0.4) is 0 Å². The fourth-order valence-corrected chi connectivity index (χ4v) is 5.87. The Morgan fingerprint density at radius 3 is 2.58 bits per heavy atom. The van der Waals surface area contributed by atoms with Crippen molar-refractivity contribution in [2.45, 2.75) is 11.3 Å². The lowest BCUT2D eigenvalue weighted by Gasteiger charge is -2.12. The van der Waals surface area contributed by atoms with Gasteiger partial charge in [0.1, 0.15) is 5.75 Å². The second kappa shape index (κ2) is 10.9. The van der Waals surface area contributed by atoms with E-state index in [9.17, 15) is 22.8 Å². The van der Waals surface area contributed by atoms with Crippen molar-refractivity contribution in [2.75, 3.05) is 23.7 Å². The van der Waals surface area contributed by atoms with Crippen LogP contribution in [-0.4, -0.2) is 49.0 Å². The number of rotatable bonds is 9. The molecule has 0 atom stereocenters. The number of ether oxygens (including phenoxy) is 1. The Hall–Kier alpha value is -3.68. The molecule has 13 heteroatoms. The number of carbonyl (C=O) groups excluding carboxylic acids is 3. The van der Waals surface area contributed by atoms with Gasteiger partial charge >= 0.3 is 0 Å². The standard InChI is InChI=1S/C23H20N4O6S3/c1-33-18-5-3-2-4-15(18)14-19-21(29)27(23(30)35-19)12-10-20(28)25-16-6-8-17(9-7-16)36(31,32)26-22-24-11-13-34-22/h2-9,11,13-14H,10,12H2,1H3,(H,24,26)(H,25,28)/b19-14+. The molecule has 2 aromatic carbocycles. The summed E-state index contributed by atoms with van der Waals surface area (Å²) in [5.74, 6) is -0.341. The predicted molar refractivity (Wildman–Crippen MR) is 138 cm³/mol. The van der Waals surface area contributed by atoms with E-state index in [1.807, 2.05) is 0 Å². The molecule has 2 heterocycles. The molecule has 1 aliphatic heterocycles. The summed E-state index contributed by atoms with van der Waals surface area (Å²) < 4.78 is 32.5. The van der Waals surface area contributed by atoms with Crippen LogP contribution in [0.4, 0.5) is 15.6 Å². The molecule has 0 aliphatic carbocycles. The number of nitrogens with zero attached hydrogens (tertiary/aromatic N) is 2. The summed E-state index contributed by atoms with van der Waals surface area (Å²) >= 11 is 1.95. The summed E-state index contributed by atoms with van der Waals surface area (Å²) in [6.07, 6.45) is 2.95. The van der Waals surface area contributed by atoms with Gasteiger partial charge in [-0.2, -0.15) is 0 Å². The van der Waals surface area contributed by atoms with E-state index in [4.69, 9.17) is 4.74 Å². The van der Waals surface area contributed by atoms with Gasteiger partial charge in [-0.3, -0.25) is 24.0 Å². The first-order valence-electron chi connectivity index (χ1n) is 10.5. The van der Waals surface area contributed by atoms with E-state index in [1.165, 1.54) is 37.6 Å². The fraction of sp³-hybridized carbons (Fsp3) is 0.130. The molecule has 2 N–H and O–H groups in total. The van der Waals surface area contributed by atoms with Crippen molar-refractivity contribution in [1.82, 2.24) is 9.88 Å². The summed E-state index contributed by atoms with van der Waals surface area (Å²) in [5.41, 5.74) is 1.04. The minimum atomic E-state index is -3.81. The number of thiazole rings is 1. The van der Waals surface area contributed by atoms with Crippen LogP contribution in [0, 0.1) is 0 Å². The molecular formula is C23H20N4O6S3. The quantitative estimate of drug-likeness (QED) is 0.386. The van der Waals surface area contributed by atoms with Gasteiger partial charge in [0, 0.05) is 35.8 Å². The number of hydrogen-bond acceptors (Lipinski definition) is 9. The maximum Gasteiger partial charge on any atom is 0.293 e. The maximum absolute atomic E-state index is 12.7. The van der Waals surface area contributed by atoms with Gasteiger partial charge in [-0.1, -0.05) is 18.2 Å². The summed E-state index contributed by atoms with van der Waals surface area (Å²) in [7, 11) is -2.29. The van der Waals surface area contributed by atoms with E-state index in [1.54, 1.807) is 35.7 Å². The SMILES string of the molecule is COc1ccccc1/C=C1/SC(=O)N(CCC(=O)Nc2ccc(S(=O)(=O)Nc3nccs3)cc2)C1=O. The number of methoxy groups -OCH3 is 1. The first kappa shape index (κ1) is 25.4. The van der Waals surface area contributed by atoms with Gasteiger partial charge < -0.3 is 10.1 Å². The summed E-state index contributed by atoms with van der Waals surface area (Å²) in [4.78, 5) is 42.6. The second-order valence-corrected chi connectivity index (χ2v) is 10.9. The van der Waals surface area contributed by atoms with Crippen molar-refractivity contribution >= 4 is 67.1 Å². The Morgan fingerprint density at radius 2 is 1.89 bits per heavy atom. The Labute approximate surface area is 215 Å². The molecule has 0 bridgehead atoms. The van der Waals surface area contributed by atoms with Gasteiger partial charge in [-0.15, -0.1) is 11.3 Å². The molecule has 4 rings (SSSR count). The Balaban J connectivity index is 1.34. The Morgan fingerprint density at radius 1 is 1.14 bits per heavy atom. The number of para-hydroxylation sites is 1. The van der Waals surface area contributed by atoms with E-state index in [-0.39, 0.29) is 27.9 Å². The third-order valence-electron chi connectivity index (χ3n) is 4.96. The summed E-state index contributed by atoms with van der Waals surface area (Å²) in [6.45, 7) is -0.0933. The molecular weight excluding hydrogens is 524 g/mol. The number of carbonyl (C=O) groups is 3. The predicted octanol–water partition coefficient (Wildman–Crippen LogP) is 4.02. The monoisotopic (exact) mass is 544 g/mol. The molecule has 1 saturated heterocycles. The topological polar surface area (TPSA) is 135 Å². The highest BCUT2D eigenvalue weighted by Gasteiger charge is 2.35. The number of nitrogens with one attached hydrogen (secondary N) is 2. The van der Waals surface area contributed by atoms with Crippen LogP contribution in [0.1, 0.15) is 12.0 Å². The number of hydrogen-bond donors (Lipinski definition) is 2. The zero-order valence-electron chi connectivity index (χ0n) is 18.8. The van der Waals surface area contributed by atoms with E-state index < -0.39 is 27.1 Å². The molecule has 3 amide bonds. The summed E-state index contributed by atoms with van der Waals surface area (Å²) in [5, 5.41) is 4.07. The van der Waals surface area contributed by atoms with Crippen LogP contribution in [0.2, 0.25) is 0 Å². The number of imide groups is 1. The molecule has 1 aromatic heterocycles. The number of amides is 3. The highest BCUT2D eigenvalue weighted by Crippen LogP contribution is 2.34. The first-order valence-corrected chi connectivity index (χ1v) is 13.7. The Kier molecular flexibility index (Phi) is 7.72. The highest BCUT2D eigenvalue weighted by molar-refractivity contribution is 8.18. The van der Waals surface area contributed by atoms with Crippen molar-refractivity contribution < 1.29 is 27.5 Å². The molecule has 0 saturated carbocycles. The fourth-order valence-electron chi connectivity index (χ4n) is 3.22. The molecule has 1 fully saturated rings. The van der Waals surface area contributed by atoms with Crippen LogP contribution in [0.25, 0.3) is 6.08 Å². The average molecular weight is 545 g/mol. The van der Waals surface area contributed by atoms with E-state index >= 15 is 0 Å². The number of thioether (sulfide) groups is 1. The molecule has 10 nitrogen and oxygen atoms in total. The largest absolute Gasteiger partial charge is 0.496 e. The van der Waals surface area contributed by atoms with Crippen molar-refractivity contribution in [3.63, 3.8) is 0 Å². The minimum Gasteiger partial charge on any atom is -0.496 e. The van der Waals surface area contributed by atoms with Crippen LogP contribution in [0.5, 0.6) is 5.75 Å². The smallest absolute Gasteiger partial charge is 0.293 e. The summed E-state index contributed by atoms with van der Waals surface area (Å²) in [6, 6.07) is 12.7. The van der Waals surface area contributed by atoms with E-state index in [0.29, 0.717) is 17.0 Å². The number of benzene rings is 2. The molecule has 1 aliphatic rings. The van der Waals surface area contributed by atoms with Gasteiger partial charge in [-0.25, -0.2) is 13.4 Å². The molecule has 0 spiro atoms. The molecule has 3 aromatic rings. The molecule has 0 unspecified atom stereocenters. The van der Waals surface area contributed by atoms with Crippen molar-refractivity contribution in [3.05, 3.63) is 70.6 Å². The molecule has 186 valence electrons. The van der Waals surface area contributed by atoms with Gasteiger partial charge in [0.05, 0.1) is 16.9 Å². The van der Waals surface area contributed by atoms with Crippen LogP contribution >= 0.6 is 23.1 Å². The van der Waals surface area contributed by atoms with Gasteiger partial charge in [0.15, 0.2) is 5.13 Å². The lowest BCUT2D eigenvalue weighted by Crippen LogP contribution is -2.31. The number of aromatic nitrogens is 1. The van der Waals surface area contributed by atoms with E-state index in [2.05, 4.69) is 15.0 Å². The number of sulfonamides is 1. The van der Waals surface area contributed by atoms with Crippen LogP contribution in [-0.2, 0) is 19.6 Å². The van der Waals surface area contributed by atoms with Gasteiger partial charge in [-0.05, 0) is 48.2 Å². The highest BCUT2D eigenvalue weighted by atomic mass is 32.2. The van der Waals surface area contributed by atoms with Gasteiger partial charge in [0.25, 0.3) is 21.2 Å². The first-order chi connectivity index (χ1) is 17.3. The van der Waals surface area contributed by atoms with E-state index in [0.717, 1.165) is 28.0 Å². The zero-order valence-corrected chi connectivity index (χ0v) is 21.3.